The number of carbonyl (C=O) groups excluding carboxylic acids is 2. The predicted octanol–water partition coefficient (Wildman–Crippen LogP) is 3.14. The van der Waals surface area contributed by atoms with Gasteiger partial charge >= 0.3 is 12.1 Å². The quantitative estimate of drug-likeness (QED) is 0.621. The number of carboxylic acids is 1. The molecule has 7 heteroatoms. The van der Waals surface area contributed by atoms with Gasteiger partial charge in [-0.1, -0.05) is 48.5 Å². The lowest BCUT2D eigenvalue weighted by Gasteiger charge is -2.32. The van der Waals surface area contributed by atoms with Crippen LogP contribution in [0.4, 0.5) is 4.79 Å². The van der Waals surface area contributed by atoms with Crippen molar-refractivity contribution in [1.29, 1.82) is 0 Å². The summed E-state index contributed by atoms with van der Waals surface area (Å²) in [5.41, 5.74) is 4.71. The molecule has 2 aromatic rings. The van der Waals surface area contributed by atoms with Crippen LogP contribution in [0.3, 0.4) is 0 Å². The Kier molecular flexibility index (Phi) is 5.33. The Labute approximate surface area is 186 Å². The van der Waals surface area contributed by atoms with E-state index in [9.17, 15) is 14.4 Å². The first-order valence-corrected chi connectivity index (χ1v) is 11.1. The smallest absolute Gasteiger partial charge is 0.407 e. The highest BCUT2D eigenvalue weighted by molar-refractivity contribution is 5.82. The van der Waals surface area contributed by atoms with Crippen molar-refractivity contribution in [1.82, 2.24) is 10.6 Å². The van der Waals surface area contributed by atoms with Gasteiger partial charge in [0.25, 0.3) is 0 Å². The normalized spacial score (nSPS) is 25.1. The molecule has 2 fully saturated rings. The number of hydrogen-bond acceptors (Lipinski definition) is 4. The summed E-state index contributed by atoms with van der Waals surface area (Å²) in [4.78, 5) is 35.4. The van der Waals surface area contributed by atoms with Crippen molar-refractivity contribution in [2.45, 2.75) is 31.2 Å². The van der Waals surface area contributed by atoms with E-state index in [4.69, 9.17) is 9.84 Å². The molecule has 0 bridgehead atoms. The SMILES string of the molecule is O=C(NCC1CC1C(=O)NC1CC(C(=O)O)C1)OCC1c2ccccc2-c2ccccc21. The van der Waals surface area contributed by atoms with Gasteiger partial charge in [-0.15, -0.1) is 0 Å². The molecule has 0 aromatic heterocycles. The van der Waals surface area contributed by atoms with Crippen LogP contribution in [0.1, 0.15) is 36.3 Å². The monoisotopic (exact) mass is 434 g/mol. The highest BCUT2D eigenvalue weighted by Crippen LogP contribution is 2.44. The van der Waals surface area contributed by atoms with Gasteiger partial charge in [0.05, 0.1) is 5.92 Å². The number of amides is 2. The van der Waals surface area contributed by atoms with Gasteiger partial charge in [0.2, 0.25) is 5.91 Å². The highest BCUT2D eigenvalue weighted by atomic mass is 16.5. The van der Waals surface area contributed by atoms with Crippen molar-refractivity contribution in [2.75, 3.05) is 13.2 Å². The van der Waals surface area contributed by atoms with Crippen LogP contribution in [-0.4, -0.2) is 42.3 Å². The van der Waals surface area contributed by atoms with E-state index in [1.807, 2.05) is 24.3 Å². The van der Waals surface area contributed by atoms with Crippen molar-refractivity contribution < 1.29 is 24.2 Å². The Balaban J connectivity index is 1.07. The zero-order chi connectivity index (χ0) is 22.2. The maximum Gasteiger partial charge on any atom is 0.407 e. The van der Waals surface area contributed by atoms with E-state index in [0.29, 0.717) is 19.4 Å². The molecule has 2 amide bonds. The van der Waals surface area contributed by atoms with E-state index in [1.54, 1.807) is 0 Å². The number of fused-ring (bicyclic) bond motifs is 3. The number of rotatable bonds is 7. The van der Waals surface area contributed by atoms with Crippen LogP contribution in [0, 0.1) is 17.8 Å². The maximum atomic E-state index is 12.3. The van der Waals surface area contributed by atoms with E-state index in [1.165, 1.54) is 22.3 Å². The lowest BCUT2D eigenvalue weighted by molar-refractivity contribution is -0.146. The maximum absolute atomic E-state index is 12.3. The minimum Gasteiger partial charge on any atom is -0.481 e. The summed E-state index contributed by atoms with van der Waals surface area (Å²) in [6.07, 6.45) is 1.25. The first-order valence-electron chi connectivity index (χ1n) is 11.1. The molecular formula is C25H26N2O5. The van der Waals surface area contributed by atoms with Gasteiger partial charge < -0.3 is 20.5 Å². The Bertz CT molecular complexity index is 1020. The molecule has 0 saturated heterocycles. The average Bonchev–Trinajstić information content (AvgIpc) is 3.48. The highest BCUT2D eigenvalue weighted by Gasteiger charge is 2.45. The molecule has 2 atom stereocenters. The third kappa shape index (κ3) is 3.95. The number of nitrogens with one attached hydrogen (secondary N) is 2. The van der Waals surface area contributed by atoms with Crippen molar-refractivity contribution in [2.24, 2.45) is 17.8 Å². The van der Waals surface area contributed by atoms with Gasteiger partial charge in [-0.05, 0) is 47.4 Å². The van der Waals surface area contributed by atoms with Crippen LogP contribution in [0.5, 0.6) is 0 Å². The van der Waals surface area contributed by atoms with Gasteiger partial charge in [0.15, 0.2) is 0 Å². The van der Waals surface area contributed by atoms with Gasteiger partial charge in [-0.2, -0.15) is 0 Å². The van der Waals surface area contributed by atoms with E-state index in [-0.39, 0.29) is 42.2 Å². The fraction of sp³-hybridized carbons (Fsp3) is 0.400. The van der Waals surface area contributed by atoms with E-state index >= 15 is 0 Å². The second kappa shape index (κ2) is 8.30. The third-order valence-corrected chi connectivity index (χ3v) is 6.95. The molecule has 3 aliphatic rings. The molecule has 2 saturated carbocycles. The van der Waals surface area contributed by atoms with Crippen molar-refractivity contribution >= 4 is 18.0 Å². The zero-order valence-corrected chi connectivity index (χ0v) is 17.6. The summed E-state index contributed by atoms with van der Waals surface area (Å²) in [5, 5.41) is 14.6. The van der Waals surface area contributed by atoms with Gasteiger partial charge in [-0.25, -0.2) is 4.79 Å². The first kappa shape index (κ1) is 20.5. The standard InChI is InChI=1S/C25H26N2O5/c28-23(27-16-9-14(10-16)24(29)30)21-11-15(21)12-26-25(31)32-13-22-19-7-3-1-5-17(19)18-6-2-4-8-20(18)22/h1-8,14-16,21-22H,9-13H2,(H,26,31)(H,27,28)(H,29,30). The molecule has 0 radical (unpaired) electrons. The van der Waals surface area contributed by atoms with Crippen molar-refractivity contribution in [3.63, 3.8) is 0 Å². The summed E-state index contributed by atoms with van der Waals surface area (Å²) in [7, 11) is 0. The number of carbonyl (C=O) groups is 3. The fourth-order valence-electron chi connectivity index (χ4n) is 4.90. The Hall–Kier alpha value is -3.35. The first-order chi connectivity index (χ1) is 15.5. The summed E-state index contributed by atoms with van der Waals surface area (Å²) in [6.45, 7) is 0.665. The lowest BCUT2D eigenvalue weighted by Crippen LogP contribution is -2.47. The lowest BCUT2D eigenvalue weighted by atomic mass is 9.80. The number of carboxylic acid groups (broad SMARTS) is 1. The number of ether oxygens (including phenoxy) is 1. The van der Waals surface area contributed by atoms with Crippen LogP contribution in [0.2, 0.25) is 0 Å². The molecule has 166 valence electrons. The summed E-state index contributed by atoms with van der Waals surface area (Å²) >= 11 is 0. The average molecular weight is 434 g/mol. The van der Waals surface area contributed by atoms with Gasteiger partial charge in [-0.3, -0.25) is 9.59 Å². The molecule has 2 aromatic carbocycles. The number of aliphatic carboxylic acids is 1. The molecule has 0 aliphatic heterocycles. The van der Waals surface area contributed by atoms with Crippen molar-refractivity contribution in [3.8, 4) is 11.1 Å². The van der Waals surface area contributed by atoms with Crippen molar-refractivity contribution in [3.05, 3.63) is 59.7 Å². The number of hydrogen-bond donors (Lipinski definition) is 3. The molecule has 3 aliphatic carbocycles. The predicted molar refractivity (Wildman–Crippen MR) is 117 cm³/mol. The van der Waals surface area contributed by atoms with Crippen LogP contribution in [-0.2, 0) is 14.3 Å². The third-order valence-electron chi connectivity index (χ3n) is 6.95. The Morgan fingerprint density at radius 2 is 1.56 bits per heavy atom. The second-order valence-corrected chi connectivity index (χ2v) is 9.02. The zero-order valence-electron chi connectivity index (χ0n) is 17.6. The van der Waals surface area contributed by atoms with E-state index in [2.05, 4.69) is 34.9 Å². The number of alkyl carbamates (subject to hydrolysis) is 1. The van der Waals surface area contributed by atoms with Crippen LogP contribution in [0.25, 0.3) is 11.1 Å². The molecule has 2 unspecified atom stereocenters. The molecule has 7 nitrogen and oxygen atoms in total. The minimum atomic E-state index is -0.799. The molecular weight excluding hydrogens is 408 g/mol. The Morgan fingerprint density at radius 3 is 2.19 bits per heavy atom. The summed E-state index contributed by atoms with van der Waals surface area (Å²) in [5.74, 6) is -1.18. The molecule has 32 heavy (non-hydrogen) atoms. The fourth-order valence-corrected chi connectivity index (χ4v) is 4.90. The van der Waals surface area contributed by atoms with E-state index < -0.39 is 12.1 Å². The summed E-state index contributed by atoms with van der Waals surface area (Å²) < 4.78 is 5.53. The largest absolute Gasteiger partial charge is 0.481 e. The minimum absolute atomic E-state index is 0.0182. The van der Waals surface area contributed by atoms with E-state index in [0.717, 1.165) is 6.42 Å². The van der Waals surface area contributed by atoms with Gasteiger partial charge in [0, 0.05) is 24.4 Å². The topological polar surface area (TPSA) is 105 Å². The second-order valence-electron chi connectivity index (χ2n) is 9.02. The summed E-state index contributed by atoms with van der Waals surface area (Å²) in [6, 6.07) is 16.3. The molecule has 0 heterocycles. The van der Waals surface area contributed by atoms with Crippen LogP contribution < -0.4 is 10.6 Å². The number of benzene rings is 2. The Morgan fingerprint density at radius 1 is 0.938 bits per heavy atom. The molecule has 0 spiro atoms. The van der Waals surface area contributed by atoms with Crippen LogP contribution in [0.15, 0.2) is 48.5 Å². The van der Waals surface area contributed by atoms with Crippen LogP contribution >= 0.6 is 0 Å². The molecule has 3 N–H and O–H groups in total. The van der Waals surface area contributed by atoms with Gasteiger partial charge in [0.1, 0.15) is 6.61 Å². The molecule has 5 rings (SSSR count).